The molecular weight excluding hydrogens is 526 g/mol. The number of nitriles is 1. The number of rotatable bonds is 4. The summed E-state index contributed by atoms with van der Waals surface area (Å²) in [6.45, 7) is 28.1. The number of pyridine rings is 1. The summed E-state index contributed by atoms with van der Waals surface area (Å²) in [7, 11) is 0. The quantitative estimate of drug-likeness (QED) is 0.202. The number of hydrogen-bond donors (Lipinski definition) is 0. The lowest BCUT2D eigenvalue weighted by Gasteiger charge is -2.19. The van der Waals surface area contributed by atoms with E-state index in [1.165, 1.54) is 0 Å². The van der Waals surface area contributed by atoms with Crippen LogP contribution in [0.4, 0.5) is 17.1 Å². The van der Waals surface area contributed by atoms with Crippen molar-refractivity contribution in [3.05, 3.63) is 153 Å². The minimum absolute atomic E-state index is 0.0819. The second-order valence-corrected chi connectivity index (χ2v) is 10.2. The highest BCUT2D eigenvalue weighted by atomic mass is 14.9. The third-order valence-electron chi connectivity index (χ3n) is 7.87. The Labute approximate surface area is 250 Å². The lowest BCUT2D eigenvalue weighted by molar-refractivity contribution is 1.24. The Morgan fingerprint density at radius 2 is 1.30 bits per heavy atom. The fraction of sp³-hybridized carbons (Fsp3) is 0.0526. The molecule has 5 heteroatoms. The maximum atomic E-state index is 10.6. The predicted molar refractivity (Wildman–Crippen MR) is 174 cm³/mol. The first-order valence-corrected chi connectivity index (χ1v) is 13.6. The normalized spacial score (nSPS) is 10.8. The van der Waals surface area contributed by atoms with Gasteiger partial charge in [0.25, 0.3) is 0 Å². The second kappa shape index (κ2) is 10.9. The van der Waals surface area contributed by atoms with Gasteiger partial charge in [-0.05, 0) is 58.7 Å². The minimum atomic E-state index is -0.0936. The van der Waals surface area contributed by atoms with Gasteiger partial charge in [0, 0.05) is 11.1 Å². The Hall–Kier alpha value is -6.40. The molecule has 0 saturated carbocycles. The van der Waals surface area contributed by atoms with Crippen LogP contribution in [-0.4, -0.2) is 4.40 Å². The van der Waals surface area contributed by atoms with E-state index >= 15 is 0 Å². The van der Waals surface area contributed by atoms with Crippen LogP contribution in [-0.2, 0) is 0 Å². The molecule has 0 radical (unpaired) electrons. The highest BCUT2D eigenvalue weighted by Crippen LogP contribution is 2.51. The molecule has 0 N–H and O–H groups in total. The van der Waals surface area contributed by atoms with Crippen LogP contribution in [0.5, 0.6) is 0 Å². The first kappa shape index (κ1) is 26.8. The van der Waals surface area contributed by atoms with Gasteiger partial charge >= 0.3 is 0 Å². The van der Waals surface area contributed by atoms with Gasteiger partial charge in [-0.3, -0.25) is 14.5 Å². The van der Waals surface area contributed by atoms with Crippen molar-refractivity contribution >= 4 is 45.6 Å². The smallest absolute Gasteiger partial charge is 0.203 e. The second-order valence-electron chi connectivity index (χ2n) is 10.2. The lowest BCUT2D eigenvalue weighted by atomic mass is 9.93. The number of nitrogens with zero attached hydrogens (tertiary/aromatic N) is 5. The van der Waals surface area contributed by atoms with Crippen LogP contribution in [0.3, 0.4) is 0 Å². The summed E-state index contributed by atoms with van der Waals surface area (Å²) in [5.41, 5.74) is 8.81. The zero-order valence-corrected chi connectivity index (χ0v) is 23.6. The summed E-state index contributed by atoms with van der Waals surface area (Å²) in [5, 5.41) is 11.1. The average molecular weight is 550 g/mol. The van der Waals surface area contributed by atoms with E-state index in [0.29, 0.717) is 10.9 Å². The van der Waals surface area contributed by atoms with Gasteiger partial charge in [0.15, 0.2) is 5.69 Å². The number of fused-ring (bicyclic) bond motifs is 3. The summed E-state index contributed by atoms with van der Waals surface area (Å²) in [5.74, 6) is 0. The van der Waals surface area contributed by atoms with Gasteiger partial charge < -0.3 is 4.40 Å². The summed E-state index contributed by atoms with van der Waals surface area (Å²) >= 11 is 0. The number of aryl methyl sites for hydroxylation is 2. The van der Waals surface area contributed by atoms with Crippen LogP contribution in [0.25, 0.3) is 65.5 Å². The van der Waals surface area contributed by atoms with Crippen molar-refractivity contribution in [2.75, 3.05) is 0 Å². The van der Waals surface area contributed by atoms with Crippen molar-refractivity contribution in [1.82, 2.24) is 4.40 Å². The molecule has 0 aliphatic rings. The summed E-state index contributed by atoms with van der Waals surface area (Å²) in [4.78, 5) is 11.1. The van der Waals surface area contributed by atoms with E-state index in [9.17, 15) is 5.26 Å². The zero-order chi connectivity index (χ0) is 30.1. The summed E-state index contributed by atoms with van der Waals surface area (Å²) in [6, 6.07) is 32.4. The molecule has 4 aromatic carbocycles. The molecule has 0 atom stereocenters. The minimum Gasteiger partial charge on any atom is -0.310 e. The molecule has 0 unspecified atom stereocenters. The van der Waals surface area contributed by atoms with E-state index in [1.54, 1.807) is 0 Å². The average Bonchev–Trinajstić information content (AvgIpc) is 3.46. The molecule has 0 aliphatic carbocycles. The number of hydrogen-bond acceptors (Lipinski definition) is 1. The highest BCUT2D eigenvalue weighted by molar-refractivity contribution is 6.16. The first-order chi connectivity index (χ1) is 21.0. The van der Waals surface area contributed by atoms with E-state index in [4.69, 9.17) is 19.7 Å². The highest BCUT2D eigenvalue weighted by Gasteiger charge is 2.28. The first-order valence-electron chi connectivity index (χ1n) is 13.6. The topological polar surface area (TPSA) is 41.3 Å². The van der Waals surface area contributed by atoms with E-state index in [1.807, 2.05) is 103 Å². The Bertz CT molecular complexity index is 2280. The van der Waals surface area contributed by atoms with Gasteiger partial charge in [0.2, 0.25) is 11.4 Å². The predicted octanol–water partition coefficient (Wildman–Crippen LogP) is 10.7. The van der Waals surface area contributed by atoms with Crippen molar-refractivity contribution < 1.29 is 0 Å². The fourth-order valence-electron chi connectivity index (χ4n) is 5.85. The Kier molecular flexibility index (Phi) is 6.78. The molecular formula is C38H23N5. The molecule has 2 aromatic heterocycles. The molecule has 2 heterocycles. The molecule has 43 heavy (non-hydrogen) atoms. The van der Waals surface area contributed by atoms with Crippen molar-refractivity contribution in [1.29, 1.82) is 5.26 Å². The van der Waals surface area contributed by atoms with Gasteiger partial charge in [-0.25, -0.2) is 0 Å². The summed E-state index contributed by atoms with van der Waals surface area (Å²) in [6.07, 6.45) is 3.99. The van der Waals surface area contributed by atoms with Gasteiger partial charge in [-0.2, -0.15) is 5.26 Å². The Morgan fingerprint density at radius 3 is 1.91 bits per heavy atom. The number of benzene rings is 4. The van der Waals surface area contributed by atoms with Crippen molar-refractivity contribution in [2.45, 2.75) is 13.8 Å². The molecule has 5 nitrogen and oxygen atoms in total. The molecule has 0 fully saturated rings. The van der Waals surface area contributed by atoms with Crippen molar-refractivity contribution in [3.63, 3.8) is 0 Å². The Morgan fingerprint density at radius 1 is 0.698 bits per heavy atom. The van der Waals surface area contributed by atoms with E-state index in [0.717, 1.165) is 50.2 Å². The van der Waals surface area contributed by atoms with Crippen LogP contribution in [0.2, 0.25) is 0 Å². The van der Waals surface area contributed by atoms with Crippen LogP contribution >= 0.6 is 0 Å². The molecule has 0 spiro atoms. The summed E-state index contributed by atoms with van der Waals surface area (Å²) < 4.78 is 2.02. The third-order valence-corrected chi connectivity index (χ3v) is 7.87. The van der Waals surface area contributed by atoms with Crippen molar-refractivity contribution in [2.24, 2.45) is 0 Å². The monoisotopic (exact) mass is 549 g/mol. The van der Waals surface area contributed by atoms with Crippen LogP contribution in [0.1, 0.15) is 27.8 Å². The SMILES string of the molecule is [C-]#[N+]c1c([N+]#[C-])c(C#N)c2c(c(/C=C\c3ccccc3C)c(C)c3c(-c4ccccc4)cc(-c4ccccc4)n32)c1[N+]#[C-]. The van der Waals surface area contributed by atoms with Gasteiger partial charge in [-0.15, -0.1) is 0 Å². The zero-order valence-electron chi connectivity index (χ0n) is 23.6. The van der Waals surface area contributed by atoms with Gasteiger partial charge in [0.05, 0.1) is 42.6 Å². The third kappa shape index (κ3) is 4.22. The standard InChI is InChI=1S/C38H23N5/c1-24-14-12-13-15-26(24)20-21-29-25(2)37-30(27-16-8-6-9-17-27)22-32(28-18-10-7-11-19-28)43(37)38-31(23-39)34(40-3)36(42-5)35(41-4)33(29)38/h6-22H,1-2H3/b21-20-. The Balaban J connectivity index is 1.93. The molecule has 200 valence electrons. The maximum absolute atomic E-state index is 10.6. The molecule has 0 amide bonds. The lowest BCUT2D eigenvalue weighted by Crippen LogP contribution is -2.01. The van der Waals surface area contributed by atoms with Gasteiger partial charge in [0.1, 0.15) is 0 Å². The van der Waals surface area contributed by atoms with Crippen LogP contribution in [0.15, 0.2) is 91.0 Å². The van der Waals surface area contributed by atoms with E-state index in [2.05, 4.69) is 38.8 Å². The molecule has 6 aromatic rings. The molecule has 0 bridgehead atoms. The maximum Gasteiger partial charge on any atom is 0.203 e. The molecule has 0 saturated heterocycles. The molecule has 6 rings (SSSR count). The van der Waals surface area contributed by atoms with Crippen molar-refractivity contribution in [3.8, 4) is 28.5 Å². The van der Waals surface area contributed by atoms with Crippen LogP contribution in [0, 0.1) is 44.9 Å². The largest absolute Gasteiger partial charge is 0.310 e. The number of aromatic nitrogens is 1. The van der Waals surface area contributed by atoms with E-state index in [-0.39, 0.29) is 22.6 Å². The van der Waals surface area contributed by atoms with Gasteiger partial charge in [-0.1, -0.05) is 97.1 Å². The van der Waals surface area contributed by atoms with E-state index < -0.39 is 0 Å². The van der Waals surface area contributed by atoms with Crippen LogP contribution < -0.4 is 0 Å². The fourth-order valence-corrected chi connectivity index (χ4v) is 5.85. The molecule has 0 aliphatic heterocycles.